The van der Waals surface area contributed by atoms with Gasteiger partial charge in [0.05, 0.1) is 6.17 Å². The van der Waals surface area contributed by atoms with Crippen molar-refractivity contribution in [3.8, 4) is 0 Å². The summed E-state index contributed by atoms with van der Waals surface area (Å²) in [5.74, 6) is -65.9. The second-order valence-corrected chi connectivity index (χ2v) is 10.2. The maximum Gasteiger partial charge on any atom is 0.520 e. The molecular weight excluding hydrogens is 644 g/mol. The molecule has 0 radical (unpaired) electrons. The Hall–Kier alpha value is -1.89. The number of rotatable bonds is 15. The van der Waals surface area contributed by atoms with E-state index in [2.05, 4.69) is 18.0 Å². The molecule has 0 aromatic rings. The highest BCUT2D eigenvalue weighted by atomic mass is 28.4. The molecule has 40 heavy (non-hydrogen) atoms. The van der Waals surface area contributed by atoms with Crippen LogP contribution in [0.4, 0.5) is 83.8 Å². The Labute approximate surface area is 211 Å². The molecule has 0 aliphatic rings. The number of alkyl carbamates (subject to hydrolysis) is 1. The van der Waals surface area contributed by atoms with Crippen LogP contribution in [0.2, 0.25) is 0 Å². The first kappa shape index (κ1) is 38.1. The topological polar surface area (TPSA) is 66.0 Å². The third-order valence-corrected chi connectivity index (χ3v) is 7.37. The first-order valence-electron chi connectivity index (χ1n) is 9.34. The van der Waals surface area contributed by atoms with Crippen LogP contribution in [0.1, 0.15) is 0 Å². The Kier molecular flexibility index (Phi) is 10.9. The smallest absolute Gasteiger partial charge is 0.443 e. The fourth-order valence-electron chi connectivity index (χ4n) is 2.31. The molecule has 0 rings (SSSR count). The summed E-state index contributed by atoms with van der Waals surface area (Å²) in [4.78, 5) is 11.4. The summed E-state index contributed by atoms with van der Waals surface area (Å²) in [5, 5.41) is 1.43. The molecule has 1 N–H and O–H groups in total. The molecule has 0 aromatic heterocycles. The van der Waals surface area contributed by atoms with E-state index in [0.29, 0.717) is 0 Å². The highest BCUT2D eigenvalue weighted by molar-refractivity contribution is 6.61. The van der Waals surface area contributed by atoms with Crippen LogP contribution < -0.4 is 5.32 Å². The standard InChI is InChI=1S/C15H15F18NO5Si/c1-36-40(37-2,38-3)5-34-7(35)39-4-8(18,19)10(22,23)12(26,27)14(30,31)15(32,33)13(28,29)11(24,25)9(20,21)6(16)17/h6H,4-5H2,1-3H3,(H,34,35). The lowest BCUT2D eigenvalue weighted by atomic mass is 9.87. The molecule has 25 heteroatoms. The lowest BCUT2D eigenvalue weighted by molar-refractivity contribution is -0.458. The van der Waals surface area contributed by atoms with Gasteiger partial charge in [0.2, 0.25) is 0 Å². The number of carbonyl (C=O) groups excluding carboxylic acids is 1. The number of carbonyl (C=O) groups is 1. The summed E-state index contributed by atoms with van der Waals surface area (Å²) in [6, 6.07) is 0. The van der Waals surface area contributed by atoms with Crippen molar-refractivity contribution in [1.82, 2.24) is 5.32 Å². The van der Waals surface area contributed by atoms with Crippen molar-refractivity contribution < 1.29 is 102 Å². The Balaban J connectivity index is 6.28. The van der Waals surface area contributed by atoms with E-state index >= 15 is 0 Å². The number of halogens is 18. The first-order chi connectivity index (χ1) is 17.5. The summed E-state index contributed by atoms with van der Waals surface area (Å²) in [7, 11) is -1.08. The minimum atomic E-state index is -8.85. The molecule has 0 heterocycles. The molecular formula is C15H15F18NO5Si. The van der Waals surface area contributed by atoms with E-state index in [1.54, 1.807) is 0 Å². The lowest BCUT2D eigenvalue weighted by Gasteiger charge is -2.43. The highest BCUT2D eigenvalue weighted by Gasteiger charge is 2.95. The van der Waals surface area contributed by atoms with Crippen LogP contribution in [0.15, 0.2) is 0 Å². The van der Waals surface area contributed by atoms with E-state index < -0.39 is 81.5 Å². The minimum absolute atomic E-state index is 0.910. The Bertz CT molecular complexity index is 873. The zero-order valence-corrected chi connectivity index (χ0v) is 20.3. The maximum atomic E-state index is 13.8. The molecule has 0 bridgehead atoms. The predicted molar refractivity (Wildman–Crippen MR) is 91.7 cm³/mol. The molecule has 0 spiro atoms. The third-order valence-electron chi connectivity index (χ3n) is 4.89. The van der Waals surface area contributed by atoms with Crippen molar-refractivity contribution in [3.63, 3.8) is 0 Å². The summed E-state index contributed by atoms with van der Waals surface area (Å²) in [6.07, 6.45) is -9.24. The fourth-order valence-corrected chi connectivity index (χ4v) is 3.60. The molecule has 0 saturated carbocycles. The number of ether oxygens (including phenoxy) is 1. The van der Waals surface area contributed by atoms with Crippen molar-refractivity contribution in [2.75, 3.05) is 34.1 Å². The van der Waals surface area contributed by atoms with Gasteiger partial charge in [-0.15, -0.1) is 0 Å². The SMILES string of the molecule is CO[Si](CNC(=O)OCC(F)(F)C(F)(F)C(F)(F)C(F)(F)C(F)(F)C(F)(F)C(F)(F)C(F)(F)C(F)F)(OC)OC. The second-order valence-electron chi connectivity index (χ2n) is 7.30. The van der Waals surface area contributed by atoms with E-state index in [-0.39, 0.29) is 0 Å². The average Bonchev–Trinajstić information content (AvgIpc) is 2.82. The van der Waals surface area contributed by atoms with Crippen molar-refractivity contribution in [3.05, 3.63) is 0 Å². The summed E-state index contributed by atoms with van der Waals surface area (Å²) in [6.45, 7) is -3.42. The van der Waals surface area contributed by atoms with Crippen LogP contribution in [-0.2, 0) is 18.0 Å². The van der Waals surface area contributed by atoms with Gasteiger partial charge in [0.15, 0.2) is 6.61 Å². The second kappa shape index (κ2) is 11.4. The lowest BCUT2D eigenvalue weighted by Crippen LogP contribution is -2.75. The average molecular weight is 659 g/mol. The molecule has 0 unspecified atom stereocenters. The fraction of sp³-hybridized carbons (Fsp3) is 0.933. The minimum Gasteiger partial charge on any atom is -0.443 e. The van der Waals surface area contributed by atoms with E-state index in [1.165, 1.54) is 5.32 Å². The van der Waals surface area contributed by atoms with Crippen LogP contribution >= 0.6 is 0 Å². The molecule has 0 aliphatic carbocycles. The van der Waals surface area contributed by atoms with Gasteiger partial charge in [0, 0.05) is 21.3 Å². The highest BCUT2D eigenvalue weighted by Crippen LogP contribution is 2.64. The predicted octanol–water partition coefficient (Wildman–Crippen LogP) is 5.48. The normalized spacial score (nSPS) is 15.4. The Morgan fingerprint density at radius 1 is 0.625 bits per heavy atom. The monoisotopic (exact) mass is 659 g/mol. The van der Waals surface area contributed by atoms with Crippen molar-refractivity contribution in [2.45, 2.75) is 53.8 Å². The molecule has 6 nitrogen and oxygen atoms in total. The molecule has 0 aromatic carbocycles. The van der Waals surface area contributed by atoms with Gasteiger partial charge in [-0.3, -0.25) is 0 Å². The summed E-state index contributed by atoms with van der Waals surface area (Å²) < 4.78 is 257. The molecule has 0 fully saturated rings. The summed E-state index contributed by atoms with van der Waals surface area (Å²) >= 11 is 0. The van der Waals surface area contributed by atoms with Gasteiger partial charge in [0.25, 0.3) is 0 Å². The van der Waals surface area contributed by atoms with Crippen molar-refractivity contribution >= 4 is 14.9 Å². The number of nitrogens with one attached hydrogen (secondary N) is 1. The molecule has 1 amide bonds. The number of hydrogen-bond donors (Lipinski definition) is 1. The third kappa shape index (κ3) is 5.73. The van der Waals surface area contributed by atoms with Crippen LogP contribution in [0.25, 0.3) is 0 Å². The van der Waals surface area contributed by atoms with Gasteiger partial charge >= 0.3 is 68.7 Å². The van der Waals surface area contributed by atoms with Gasteiger partial charge in [0.1, 0.15) is 0 Å². The largest absolute Gasteiger partial charge is 0.520 e. The molecule has 0 atom stereocenters. The van der Waals surface area contributed by atoms with E-state index in [0.717, 1.165) is 21.3 Å². The molecule has 0 saturated heterocycles. The van der Waals surface area contributed by atoms with E-state index in [4.69, 9.17) is 0 Å². The van der Waals surface area contributed by atoms with Gasteiger partial charge in [-0.1, -0.05) is 0 Å². The van der Waals surface area contributed by atoms with Crippen LogP contribution in [0.3, 0.4) is 0 Å². The zero-order chi connectivity index (χ0) is 32.6. The number of amides is 1. The Morgan fingerprint density at radius 3 is 1.27 bits per heavy atom. The van der Waals surface area contributed by atoms with Crippen molar-refractivity contribution in [2.24, 2.45) is 0 Å². The van der Waals surface area contributed by atoms with E-state index in [1.807, 2.05) is 0 Å². The maximum absolute atomic E-state index is 13.8. The quantitative estimate of drug-likeness (QED) is 0.187. The van der Waals surface area contributed by atoms with Gasteiger partial charge in [-0.25, -0.2) is 13.6 Å². The van der Waals surface area contributed by atoms with Gasteiger partial charge in [-0.2, -0.15) is 70.2 Å². The number of hydrogen-bond acceptors (Lipinski definition) is 5. The van der Waals surface area contributed by atoms with E-state index in [9.17, 15) is 83.8 Å². The Morgan fingerprint density at radius 2 is 0.950 bits per heavy atom. The number of alkyl halides is 18. The van der Waals surface area contributed by atoms with Crippen molar-refractivity contribution in [1.29, 1.82) is 0 Å². The molecule has 240 valence electrons. The van der Waals surface area contributed by atoms with Crippen LogP contribution in [0, 0.1) is 0 Å². The van der Waals surface area contributed by atoms with Gasteiger partial charge in [-0.05, 0) is 0 Å². The van der Waals surface area contributed by atoms with Crippen LogP contribution in [0.5, 0.6) is 0 Å². The first-order valence-corrected chi connectivity index (χ1v) is 11.3. The summed E-state index contributed by atoms with van der Waals surface area (Å²) in [5.41, 5.74) is 0. The van der Waals surface area contributed by atoms with Gasteiger partial charge < -0.3 is 23.3 Å². The zero-order valence-electron chi connectivity index (χ0n) is 19.3. The molecule has 0 aliphatic heterocycles. The van der Waals surface area contributed by atoms with Crippen LogP contribution in [-0.4, -0.2) is 103 Å².